The van der Waals surface area contributed by atoms with Gasteiger partial charge in [-0.1, -0.05) is 36.4 Å². The zero-order valence-corrected chi connectivity index (χ0v) is 13.5. The highest BCUT2D eigenvalue weighted by atomic mass is 32.1. The minimum absolute atomic E-state index is 0.0672. The minimum Gasteiger partial charge on any atom is -0.480 e. The van der Waals surface area contributed by atoms with Crippen LogP contribution in [0.2, 0.25) is 0 Å². The Morgan fingerprint density at radius 2 is 1.87 bits per heavy atom. The van der Waals surface area contributed by atoms with E-state index in [4.69, 9.17) is 5.11 Å². The van der Waals surface area contributed by atoms with Gasteiger partial charge in [0.25, 0.3) is 0 Å². The highest BCUT2D eigenvalue weighted by Gasteiger charge is 2.21. The summed E-state index contributed by atoms with van der Waals surface area (Å²) in [6.07, 6.45) is 0. The van der Waals surface area contributed by atoms with Gasteiger partial charge >= 0.3 is 5.97 Å². The average molecular weight is 331 g/mol. The van der Waals surface area contributed by atoms with Crippen LogP contribution >= 0.6 is 12.6 Å². The number of thiol groups is 1. The molecule has 0 aromatic heterocycles. The van der Waals surface area contributed by atoms with Crippen molar-refractivity contribution in [2.45, 2.75) is 13.0 Å². The molecule has 2 aromatic rings. The summed E-state index contributed by atoms with van der Waals surface area (Å²) in [6, 6.07) is 9.79. The fourth-order valence-electron chi connectivity index (χ4n) is 2.40. The maximum absolute atomic E-state index is 12.6. The number of rotatable bonds is 7. The number of Topliss-reactive ketones (excluding diaryl/α,β-unsaturated/α-hetero) is 2. The van der Waals surface area contributed by atoms with Crippen molar-refractivity contribution in [1.82, 2.24) is 5.32 Å². The molecule has 0 aliphatic carbocycles. The molecule has 0 saturated heterocycles. The molecule has 0 spiro atoms. The van der Waals surface area contributed by atoms with Gasteiger partial charge < -0.3 is 5.11 Å². The fraction of sp³-hybridized carbons (Fsp3) is 0.235. The average Bonchev–Trinajstić information content (AvgIpc) is 2.53. The Kier molecular flexibility index (Phi) is 5.52. The summed E-state index contributed by atoms with van der Waals surface area (Å²) in [4.78, 5) is 35.4. The molecule has 23 heavy (non-hydrogen) atoms. The van der Waals surface area contributed by atoms with Gasteiger partial charge in [0, 0.05) is 16.9 Å². The first-order valence-corrected chi connectivity index (χ1v) is 7.72. The minimum atomic E-state index is -1.07. The van der Waals surface area contributed by atoms with Gasteiger partial charge in [-0.3, -0.25) is 19.7 Å². The van der Waals surface area contributed by atoms with Gasteiger partial charge in [-0.2, -0.15) is 12.6 Å². The van der Waals surface area contributed by atoms with E-state index >= 15 is 0 Å². The van der Waals surface area contributed by atoms with Crippen molar-refractivity contribution < 1.29 is 19.5 Å². The van der Waals surface area contributed by atoms with Crippen LogP contribution in [0.25, 0.3) is 10.8 Å². The summed E-state index contributed by atoms with van der Waals surface area (Å²) >= 11 is 3.95. The standard InChI is InChI=1S/C17H17NO4S/c1-10(19)12-7-6-11-4-2-3-5-13(11)16(12)15(20)8-18-14(9-23)17(21)22/h2-7,14,18,23H,8-9H2,1H3,(H,21,22). The van der Waals surface area contributed by atoms with Crippen LogP contribution in [0.3, 0.4) is 0 Å². The van der Waals surface area contributed by atoms with E-state index in [1.807, 2.05) is 12.1 Å². The first kappa shape index (κ1) is 17.2. The summed E-state index contributed by atoms with van der Waals surface area (Å²) in [5.41, 5.74) is 0.666. The number of fused-ring (bicyclic) bond motifs is 1. The molecule has 2 N–H and O–H groups in total. The number of carboxylic acid groups (broad SMARTS) is 1. The summed E-state index contributed by atoms with van der Waals surface area (Å²) in [5.74, 6) is -1.53. The van der Waals surface area contributed by atoms with Gasteiger partial charge in [0.15, 0.2) is 11.6 Å². The molecular weight excluding hydrogens is 314 g/mol. The Balaban J connectivity index is 2.40. The molecule has 0 aliphatic heterocycles. The number of hydrogen-bond donors (Lipinski definition) is 3. The molecule has 0 amide bonds. The maximum Gasteiger partial charge on any atom is 0.321 e. The van der Waals surface area contributed by atoms with E-state index in [1.54, 1.807) is 24.3 Å². The monoisotopic (exact) mass is 331 g/mol. The fourth-order valence-corrected chi connectivity index (χ4v) is 2.68. The van der Waals surface area contributed by atoms with Crippen LogP contribution in [0, 0.1) is 0 Å². The number of ketones is 2. The van der Waals surface area contributed by atoms with Gasteiger partial charge in [-0.05, 0) is 17.7 Å². The highest BCUT2D eigenvalue weighted by Crippen LogP contribution is 2.23. The Morgan fingerprint density at radius 1 is 1.17 bits per heavy atom. The Labute approximate surface area is 139 Å². The molecule has 5 nitrogen and oxygen atoms in total. The van der Waals surface area contributed by atoms with Crippen molar-refractivity contribution in [1.29, 1.82) is 0 Å². The zero-order chi connectivity index (χ0) is 17.0. The third-order valence-corrected chi connectivity index (χ3v) is 3.94. The van der Waals surface area contributed by atoms with Crippen LogP contribution in [0.15, 0.2) is 36.4 Å². The number of nitrogens with one attached hydrogen (secondary N) is 1. The second kappa shape index (κ2) is 7.39. The number of carbonyl (C=O) groups is 3. The summed E-state index contributed by atoms with van der Waals surface area (Å²) < 4.78 is 0. The van der Waals surface area contributed by atoms with E-state index < -0.39 is 12.0 Å². The van der Waals surface area contributed by atoms with Crippen molar-refractivity contribution >= 4 is 40.9 Å². The highest BCUT2D eigenvalue weighted by molar-refractivity contribution is 7.80. The van der Waals surface area contributed by atoms with Crippen LogP contribution in [-0.2, 0) is 4.79 Å². The van der Waals surface area contributed by atoms with E-state index in [1.165, 1.54) is 6.92 Å². The molecule has 0 bridgehead atoms. The van der Waals surface area contributed by atoms with E-state index in [-0.39, 0.29) is 23.9 Å². The lowest BCUT2D eigenvalue weighted by Crippen LogP contribution is -2.41. The second-order valence-corrected chi connectivity index (χ2v) is 5.51. The van der Waals surface area contributed by atoms with Gasteiger partial charge in [0.05, 0.1) is 6.54 Å². The molecule has 0 saturated carbocycles. The number of carboxylic acids is 1. The van der Waals surface area contributed by atoms with Crippen molar-refractivity contribution in [3.05, 3.63) is 47.5 Å². The first-order chi connectivity index (χ1) is 11.0. The molecule has 0 heterocycles. The van der Waals surface area contributed by atoms with E-state index in [0.717, 1.165) is 5.39 Å². The zero-order valence-electron chi connectivity index (χ0n) is 12.6. The lowest BCUT2D eigenvalue weighted by molar-refractivity contribution is -0.138. The van der Waals surface area contributed by atoms with Crippen LogP contribution in [0.4, 0.5) is 0 Å². The predicted molar refractivity (Wildman–Crippen MR) is 91.6 cm³/mol. The Hall–Kier alpha value is -2.18. The molecule has 1 atom stereocenters. The van der Waals surface area contributed by atoms with Crippen LogP contribution in [0.5, 0.6) is 0 Å². The van der Waals surface area contributed by atoms with Crippen LogP contribution < -0.4 is 5.32 Å². The quantitative estimate of drug-likeness (QED) is 0.535. The molecule has 120 valence electrons. The Bertz CT molecular complexity index is 772. The number of benzene rings is 2. The second-order valence-electron chi connectivity index (χ2n) is 5.14. The topological polar surface area (TPSA) is 83.5 Å². The summed E-state index contributed by atoms with van der Waals surface area (Å²) in [6.45, 7) is 1.23. The first-order valence-electron chi connectivity index (χ1n) is 7.08. The van der Waals surface area contributed by atoms with Gasteiger partial charge in [0.1, 0.15) is 6.04 Å². The SMILES string of the molecule is CC(=O)c1ccc2ccccc2c1C(=O)CNC(CS)C(=O)O. The molecular formula is C17H17NO4S. The molecule has 0 radical (unpaired) electrons. The number of hydrogen-bond acceptors (Lipinski definition) is 5. The largest absolute Gasteiger partial charge is 0.480 e. The summed E-state index contributed by atoms with van der Waals surface area (Å²) in [5, 5.41) is 13.2. The third kappa shape index (κ3) is 3.78. The van der Waals surface area contributed by atoms with Crippen molar-refractivity contribution in [3.8, 4) is 0 Å². The summed E-state index contributed by atoms with van der Waals surface area (Å²) in [7, 11) is 0. The predicted octanol–water partition coefficient (Wildman–Crippen LogP) is 2.20. The maximum atomic E-state index is 12.6. The van der Waals surface area contributed by atoms with Crippen molar-refractivity contribution in [2.75, 3.05) is 12.3 Å². The number of carbonyl (C=O) groups excluding carboxylic acids is 2. The Morgan fingerprint density at radius 3 is 2.48 bits per heavy atom. The van der Waals surface area contributed by atoms with Crippen LogP contribution in [0.1, 0.15) is 27.6 Å². The lowest BCUT2D eigenvalue weighted by Gasteiger charge is -2.14. The van der Waals surface area contributed by atoms with Gasteiger partial charge in [0.2, 0.25) is 0 Å². The van der Waals surface area contributed by atoms with E-state index in [0.29, 0.717) is 16.5 Å². The third-order valence-electron chi connectivity index (χ3n) is 3.58. The lowest BCUT2D eigenvalue weighted by atomic mass is 9.94. The molecule has 6 heteroatoms. The smallest absolute Gasteiger partial charge is 0.321 e. The molecule has 2 rings (SSSR count). The normalized spacial score (nSPS) is 12.1. The van der Waals surface area contributed by atoms with Crippen molar-refractivity contribution in [3.63, 3.8) is 0 Å². The van der Waals surface area contributed by atoms with Gasteiger partial charge in [-0.25, -0.2) is 0 Å². The molecule has 0 aliphatic rings. The van der Waals surface area contributed by atoms with E-state index in [2.05, 4.69) is 17.9 Å². The molecule has 1 unspecified atom stereocenters. The number of aliphatic carboxylic acids is 1. The van der Waals surface area contributed by atoms with Crippen LogP contribution in [-0.4, -0.2) is 41.0 Å². The molecule has 0 fully saturated rings. The van der Waals surface area contributed by atoms with Crippen molar-refractivity contribution in [2.24, 2.45) is 0 Å². The van der Waals surface area contributed by atoms with E-state index in [9.17, 15) is 14.4 Å². The molecule has 2 aromatic carbocycles. The van der Waals surface area contributed by atoms with Gasteiger partial charge in [-0.15, -0.1) is 0 Å².